The van der Waals surface area contributed by atoms with Gasteiger partial charge in [0.05, 0.1) is 6.61 Å². The predicted molar refractivity (Wildman–Crippen MR) is 60.0 cm³/mol. The largest absolute Gasteiger partial charge is 0.493 e. The number of hydrogen-bond acceptors (Lipinski definition) is 2. The zero-order valence-electron chi connectivity index (χ0n) is 8.26. The van der Waals surface area contributed by atoms with Gasteiger partial charge in [0.1, 0.15) is 5.75 Å². The van der Waals surface area contributed by atoms with Crippen LogP contribution in [0, 0.1) is 0 Å². The average Bonchev–Trinajstić information content (AvgIpc) is 2.24. The summed E-state index contributed by atoms with van der Waals surface area (Å²) >= 11 is 5.50. The number of halogens is 4. The Morgan fingerprint density at radius 1 is 1.19 bits per heavy atom. The summed E-state index contributed by atoms with van der Waals surface area (Å²) in [6.07, 6.45) is 0. The van der Waals surface area contributed by atoms with Gasteiger partial charge in [0, 0.05) is 11.6 Å². The van der Waals surface area contributed by atoms with E-state index in [0.29, 0.717) is 11.6 Å². The van der Waals surface area contributed by atoms with Gasteiger partial charge in [0.15, 0.2) is 0 Å². The number of hydrogen-bond donors (Lipinski definition) is 0. The highest BCUT2D eigenvalue weighted by molar-refractivity contribution is 8.00. The van der Waals surface area contributed by atoms with Gasteiger partial charge in [-0.05, 0) is 29.5 Å². The first-order valence-corrected chi connectivity index (χ1v) is 6.01. The molecule has 0 unspecified atom stereocenters. The van der Waals surface area contributed by atoms with Crippen LogP contribution in [0.25, 0.3) is 0 Å². The minimum atomic E-state index is -4.19. The van der Waals surface area contributed by atoms with Crippen LogP contribution in [0.3, 0.4) is 0 Å². The van der Waals surface area contributed by atoms with Crippen LogP contribution in [0.1, 0.15) is 5.56 Å². The second-order valence-corrected chi connectivity index (χ2v) is 4.35. The van der Waals surface area contributed by atoms with Gasteiger partial charge in [-0.3, -0.25) is 0 Å². The van der Waals surface area contributed by atoms with Crippen LogP contribution in [-0.2, 0) is 5.88 Å². The van der Waals surface area contributed by atoms with Crippen molar-refractivity contribution in [3.8, 4) is 5.75 Å². The van der Waals surface area contributed by atoms with Gasteiger partial charge in [-0.1, -0.05) is 12.1 Å². The van der Waals surface area contributed by atoms with Gasteiger partial charge in [-0.15, -0.1) is 11.6 Å². The molecule has 1 aromatic carbocycles. The van der Waals surface area contributed by atoms with E-state index in [2.05, 4.69) is 0 Å². The molecular formula is C10H10ClF3OS. The second-order valence-electron chi connectivity index (χ2n) is 2.92. The van der Waals surface area contributed by atoms with E-state index in [1.54, 1.807) is 24.3 Å². The first kappa shape index (κ1) is 13.5. The Morgan fingerprint density at radius 3 is 2.31 bits per heavy atom. The van der Waals surface area contributed by atoms with Crippen LogP contribution in [0.2, 0.25) is 0 Å². The Hall–Kier alpha value is -0.550. The van der Waals surface area contributed by atoms with E-state index in [1.807, 2.05) is 0 Å². The molecule has 6 heteroatoms. The van der Waals surface area contributed by atoms with Crippen molar-refractivity contribution >= 4 is 23.4 Å². The molecule has 0 amide bonds. The lowest BCUT2D eigenvalue weighted by Crippen LogP contribution is -2.07. The third-order valence-electron chi connectivity index (χ3n) is 1.70. The molecule has 0 bridgehead atoms. The van der Waals surface area contributed by atoms with Crippen molar-refractivity contribution in [1.29, 1.82) is 0 Å². The van der Waals surface area contributed by atoms with Gasteiger partial charge < -0.3 is 4.74 Å². The number of alkyl halides is 4. The predicted octanol–water partition coefficient (Wildman–Crippen LogP) is 4.06. The summed E-state index contributed by atoms with van der Waals surface area (Å²) in [7, 11) is 0. The van der Waals surface area contributed by atoms with Crippen molar-refractivity contribution in [3.63, 3.8) is 0 Å². The van der Waals surface area contributed by atoms with Crippen molar-refractivity contribution in [2.75, 3.05) is 12.4 Å². The molecule has 0 fully saturated rings. The molecule has 0 atom stereocenters. The van der Waals surface area contributed by atoms with Gasteiger partial charge in [0.25, 0.3) is 0 Å². The van der Waals surface area contributed by atoms with Crippen molar-refractivity contribution in [3.05, 3.63) is 29.8 Å². The molecule has 0 aliphatic rings. The summed E-state index contributed by atoms with van der Waals surface area (Å²) in [5.74, 6) is 0.849. The lowest BCUT2D eigenvalue weighted by Gasteiger charge is -2.07. The molecule has 1 rings (SSSR count). The van der Waals surface area contributed by atoms with Crippen molar-refractivity contribution < 1.29 is 17.9 Å². The highest BCUT2D eigenvalue weighted by Crippen LogP contribution is 2.29. The molecule has 0 saturated carbocycles. The maximum Gasteiger partial charge on any atom is 0.441 e. The Balaban J connectivity index is 2.27. The van der Waals surface area contributed by atoms with E-state index in [-0.39, 0.29) is 24.1 Å². The highest BCUT2D eigenvalue weighted by atomic mass is 35.5. The maximum absolute atomic E-state index is 11.8. The number of benzene rings is 1. The lowest BCUT2D eigenvalue weighted by molar-refractivity contribution is -0.0329. The van der Waals surface area contributed by atoms with Gasteiger partial charge in [-0.2, -0.15) is 13.2 Å². The van der Waals surface area contributed by atoms with Gasteiger partial charge >= 0.3 is 5.51 Å². The van der Waals surface area contributed by atoms with Gasteiger partial charge in [0.2, 0.25) is 0 Å². The molecule has 90 valence electrons. The molecule has 1 nitrogen and oxygen atoms in total. The highest BCUT2D eigenvalue weighted by Gasteiger charge is 2.27. The summed E-state index contributed by atoms with van der Waals surface area (Å²) in [6.45, 7) is 0.0321. The molecule has 0 aliphatic carbocycles. The van der Waals surface area contributed by atoms with Crippen molar-refractivity contribution in [2.24, 2.45) is 0 Å². The quantitative estimate of drug-likeness (QED) is 0.589. The van der Waals surface area contributed by atoms with E-state index in [1.165, 1.54) is 0 Å². The standard InChI is InChI=1S/C10H10ClF3OS/c11-7-8-1-3-9(4-2-8)15-5-6-16-10(12,13)14/h1-4H,5-7H2. The molecule has 0 saturated heterocycles. The molecule has 0 heterocycles. The van der Waals surface area contributed by atoms with E-state index < -0.39 is 5.51 Å². The van der Waals surface area contributed by atoms with Crippen LogP contribution in [0.4, 0.5) is 13.2 Å². The smallest absolute Gasteiger partial charge is 0.441 e. The fraction of sp³-hybridized carbons (Fsp3) is 0.400. The Labute approximate surface area is 101 Å². The fourth-order valence-corrected chi connectivity index (χ4v) is 1.57. The summed E-state index contributed by atoms with van der Waals surface area (Å²) in [5.41, 5.74) is -3.25. The third-order valence-corrected chi connectivity index (χ3v) is 2.70. The Bertz CT molecular complexity index is 313. The maximum atomic E-state index is 11.8. The van der Waals surface area contributed by atoms with Crippen LogP contribution in [0.15, 0.2) is 24.3 Å². The zero-order chi connectivity index (χ0) is 12.0. The lowest BCUT2D eigenvalue weighted by atomic mass is 10.2. The van der Waals surface area contributed by atoms with Crippen molar-refractivity contribution in [2.45, 2.75) is 11.4 Å². The summed E-state index contributed by atoms with van der Waals surface area (Å²) in [5, 5.41) is 0. The molecule has 0 spiro atoms. The minimum Gasteiger partial charge on any atom is -0.493 e. The Kier molecular flexibility index (Phi) is 5.28. The SMILES string of the molecule is FC(F)(F)SCCOc1ccc(CCl)cc1. The molecular weight excluding hydrogens is 261 g/mol. The number of thioether (sulfide) groups is 1. The van der Waals surface area contributed by atoms with Crippen LogP contribution < -0.4 is 4.74 Å². The molecule has 0 aromatic heterocycles. The minimum absolute atomic E-state index is 0.0321. The first-order chi connectivity index (χ1) is 7.51. The fourth-order valence-electron chi connectivity index (χ4n) is 0.992. The normalized spacial score (nSPS) is 11.5. The molecule has 0 aliphatic heterocycles. The van der Waals surface area contributed by atoms with Crippen LogP contribution >= 0.6 is 23.4 Å². The third kappa shape index (κ3) is 5.51. The van der Waals surface area contributed by atoms with E-state index in [0.717, 1.165) is 5.56 Å². The van der Waals surface area contributed by atoms with Crippen LogP contribution in [0.5, 0.6) is 5.75 Å². The summed E-state index contributed by atoms with van der Waals surface area (Å²) in [6, 6.07) is 6.93. The molecule has 1 aromatic rings. The number of rotatable bonds is 5. The summed E-state index contributed by atoms with van der Waals surface area (Å²) < 4.78 is 40.5. The molecule has 0 radical (unpaired) electrons. The van der Waals surface area contributed by atoms with Gasteiger partial charge in [-0.25, -0.2) is 0 Å². The zero-order valence-corrected chi connectivity index (χ0v) is 9.83. The monoisotopic (exact) mass is 270 g/mol. The van der Waals surface area contributed by atoms with E-state index >= 15 is 0 Å². The average molecular weight is 271 g/mol. The molecule has 0 N–H and O–H groups in total. The summed E-state index contributed by atoms with van der Waals surface area (Å²) in [4.78, 5) is 0. The number of ether oxygens (including phenoxy) is 1. The van der Waals surface area contributed by atoms with Crippen LogP contribution in [-0.4, -0.2) is 17.9 Å². The Morgan fingerprint density at radius 2 is 1.81 bits per heavy atom. The first-order valence-electron chi connectivity index (χ1n) is 4.49. The van der Waals surface area contributed by atoms with E-state index in [9.17, 15) is 13.2 Å². The van der Waals surface area contributed by atoms with E-state index in [4.69, 9.17) is 16.3 Å². The second kappa shape index (κ2) is 6.25. The molecule has 16 heavy (non-hydrogen) atoms. The topological polar surface area (TPSA) is 9.23 Å². The van der Waals surface area contributed by atoms with Crippen molar-refractivity contribution in [1.82, 2.24) is 0 Å².